The molecule has 0 bridgehead atoms. The summed E-state index contributed by atoms with van der Waals surface area (Å²) in [6.07, 6.45) is 4.98. The van der Waals surface area contributed by atoms with Crippen LogP contribution in [0.3, 0.4) is 0 Å². The highest BCUT2D eigenvalue weighted by molar-refractivity contribution is 7.88. The minimum atomic E-state index is -3.13. The molecule has 0 aliphatic carbocycles. The second kappa shape index (κ2) is 6.78. The van der Waals surface area contributed by atoms with E-state index < -0.39 is 10.0 Å². The number of nitrogens with one attached hydrogen (secondary N) is 1. The van der Waals surface area contributed by atoms with Crippen LogP contribution in [0, 0.1) is 13.8 Å². The van der Waals surface area contributed by atoms with Gasteiger partial charge in [0.1, 0.15) is 5.82 Å². The van der Waals surface area contributed by atoms with E-state index in [-0.39, 0.29) is 12.0 Å². The summed E-state index contributed by atoms with van der Waals surface area (Å²) in [7, 11) is -3.13. The molecular formula is C14H25N5O2S. The van der Waals surface area contributed by atoms with Gasteiger partial charge in [-0.1, -0.05) is 6.42 Å². The molecule has 2 rings (SSSR count). The maximum absolute atomic E-state index is 11.8. The molecule has 124 valence electrons. The van der Waals surface area contributed by atoms with Crippen molar-refractivity contribution in [3.05, 3.63) is 11.3 Å². The van der Waals surface area contributed by atoms with Crippen LogP contribution in [0.5, 0.6) is 0 Å². The number of nitrogens with zero attached hydrogens (tertiary/aromatic N) is 3. The van der Waals surface area contributed by atoms with Gasteiger partial charge in [0.05, 0.1) is 6.26 Å². The second-order valence-corrected chi connectivity index (χ2v) is 7.81. The number of anilines is 2. The molecule has 7 nitrogen and oxygen atoms in total. The molecule has 8 heteroatoms. The minimum Gasteiger partial charge on any atom is -0.370 e. The van der Waals surface area contributed by atoms with E-state index in [0.29, 0.717) is 13.1 Å². The van der Waals surface area contributed by atoms with E-state index in [1.54, 1.807) is 4.31 Å². The van der Waals surface area contributed by atoms with E-state index in [4.69, 9.17) is 5.73 Å². The van der Waals surface area contributed by atoms with Crippen LogP contribution in [-0.4, -0.2) is 48.1 Å². The van der Waals surface area contributed by atoms with E-state index in [1.165, 1.54) is 6.26 Å². The van der Waals surface area contributed by atoms with Gasteiger partial charge in [0.15, 0.2) is 0 Å². The molecule has 1 aromatic heterocycles. The third kappa shape index (κ3) is 4.07. The Kier molecular flexibility index (Phi) is 5.23. The second-order valence-electron chi connectivity index (χ2n) is 5.88. The highest BCUT2D eigenvalue weighted by atomic mass is 32.2. The topological polar surface area (TPSA) is 101 Å². The van der Waals surface area contributed by atoms with Gasteiger partial charge in [-0.15, -0.1) is 0 Å². The predicted molar refractivity (Wildman–Crippen MR) is 88.2 cm³/mol. The molecule has 1 atom stereocenters. The van der Waals surface area contributed by atoms with Gasteiger partial charge >= 0.3 is 0 Å². The van der Waals surface area contributed by atoms with Crippen molar-refractivity contribution in [3.63, 3.8) is 0 Å². The van der Waals surface area contributed by atoms with Crippen LogP contribution in [0.15, 0.2) is 0 Å². The van der Waals surface area contributed by atoms with Crippen LogP contribution in [0.1, 0.15) is 36.9 Å². The average molecular weight is 327 g/mol. The van der Waals surface area contributed by atoms with Gasteiger partial charge < -0.3 is 11.1 Å². The van der Waals surface area contributed by atoms with Gasteiger partial charge in [-0.3, -0.25) is 0 Å². The van der Waals surface area contributed by atoms with Gasteiger partial charge in [-0.25, -0.2) is 13.4 Å². The first-order chi connectivity index (χ1) is 10.3. The smallest absolute Gasteiger partial charge is 0.222 e. The van der Waals surface area contributed by atoms with Gasteiger partial charge in [0, 0.05) is 30.4 Å². The van der Waals surface area contributed by atoms with E-state index in [2.05, 4.69) is 15.3 Å². The van der Waals surface area contributed by atoms with Crippen molar-refractivity contribution in [1.29, 1.82) is 0 Å². The van der Waals surface area contributed by atoms with Crippen LogP contribution in [0.4, 0.5) is 11.8 Å². The SMILES string of the molecule is Cc1nc(N)nc(NCC[C@H]2CCCCN2S(C)(=O)=O)c1C. The molecule has 1 fully saturated rings. The van der Waals surface area contributed by atoms with Gasteiger partial charge in [-0.2, -0.15) is 9.29 Å². The molecule has 0 spiro atoms. The Bertz CT molecular complexity index is 632. The summed E-state index contributed by atoms with van der Waals surface area (Å²) >= 11 is 0. The lowest BCUT2D eigenvalue weighted by atomic mass is 10.0. The first-order valence-corrected chi connectivity index (χ1v) is 9.45. The third-order valence-electron chi connectivity index (χ3n) is 4.18. The van der Waals surface area contributed by atoms with Crippen molar-refractivity contribution < 1.29 is 8.42 Å². The minimum absolute atomic E-state index is 0.0665. The zero-order chi connectivity index (χ0) is 16.3. The molecule has 1 aliphatic heterocycles. The van der Waals surface area contributed by atoms with E-state index in [1.807, 2.05) is 13.8 Å². The van der Waals surface area contributed by atoms with Crippen molar-refractivity contribution in [2.75, 3.05) is 30.4 Å². The quantitative estimate of drug-likeness (QED) is 0.845. The first kappa shape index (κ1) is 17.0. The summed E-state index contributed by atoms with van der Waals surface area (Å²) < 4.78 is 25.3. The molecule has 1 saturated heterocycles. The summed E-state index contributed by atoms with van der Waals surface area (Å²) in [4.78, 5) is 8.32. The summed E-state index contributed by atoms with van der Waals surface area (Å²) in [5, 5.41) is 3.26. The Labute approximate surface area is 132 Å². The van der Waals surface area contributed by atoms with Crippen molar-refractivity contribution in [1.82, 2.24) is 14.3 Å². The summed E-state index contributed by atoms with van der Waals surface area (Å²) in [6, 6.07) is 0.0665. The molecular weight excluding hydrogens is 302 g/mol. The molecule has 0 aromatic carbocycles. The largest absolute Gasteiger partial charge is 0.370 e. The fourth-order valence-corrected chi connectivity index (χ4v) is 4.09. The summed E-state index contributed by atoms with van der Waals surface area (Å²) in [5.41, 5.74) is 7.49. The van der Waals surface area contributed by atoms with Gasteiger partial charge in [0.25, 0.3) is 0 Å². The molecule has 0 radical (unpaired) electrons. The lowest BCUT2D eigenvalue weighted by molar-refractivity contribution is 0.246. The lowest BCUT2D eigenvalue weighted by Gasteiger charge is -2.33. The Balaban J connectivity index is 1.98. The molecule has 1 aromatic rings. The molecule has 22 heavy (non-hydrogen) atoms. The summed E-state index contributed by atoms with van der Waals surface area (Å²) in [5.74, 6) is 0.979. The highest BCUT2D eigenvalue weighted by Crippen LogP contribution is 2.23. The molecule has 0 amide bonds. The maximum Gasteiger partial charge on any atom is 0.222 e. The number of sulfonamides is 1. The van der Waals surface area contributed by atoms with Crippen molar-refractivity contribution >= 4 is 21.8 Å². The molecule has 2 heterocycles. The highest BCUT2D eigenvalue weighted by Gasteiger charge is 2.28. The number of rotatable bonds is 5. The number of nitrogen functional groups attached to an aromatic ring is 1. The lowest BCUT2D eigenvalue weighted by Crippen LogP contribution is -2.43. The Morgan fingerprint density at radius 1 is 1.32 bits per heavy atom. The summed E-state index contributed by atoms with van der Waals surface area (Å²) in [6.45, 7) is 5.13. The van der Waals surface area contributed by atoms with E-state index >= 15 is 0 Å². The zero-order valence-corrected chi connectivity index (χ0v) is 14.3. The molecule has 0 unspecified atom stereocenters. The number of aryl methyl sites for hydroxylation is 1. The zero-order valence-electron chi connectivity index (χ0n) is 13.5. The normalized spacial score (nSPS) is 20.0. The van der Waals surface area contributed by atoms with Crippen LogP contribution in [-0.2, 0) is 10.0 Å². The number of hydrogen-bond donors (Lipinski definition) is 2. The van der Waals surface area contributed by atoms with Gasteiger partial charge in [0.2, 0.25) is 16.0 Å². The monoisotopic (exact) mass is 327 g/mol. The van der Waals surface area contributed by atoms with E-state index in [0.717, 1.165) is 42.8 Å². The van der Waals surface area contributed by atoms with Crippen molar-refractivity contribution in [3.8, 4) is 0 Å². The number of piperidine rings is 1. The third-order valence-corrected chi connectivity index (χ3v) is 5.51. The Hall–Kier alpha value is -1.41. The average Bonchev–Trinajstić information content (AvgIpc) is 2.43. The predicted octanol–water partition coefficient (Wildman–Crippen LogP) is 1.29. The van der Waals surface area contributed by atoms with Crippen molar-refractivity contribution in [2.45, 2.75) is 45.6 Å². The molecule has 3 N–H and O–H groups in total. The fraction of sp³-hybridized carbons (Fsp3) is 0.714. The maximum atomic E-state index is 11.8. The molecule has 1 aliphatic rings. The Morgan fingerprint density at radius 2 is 2.05 bits per heavy atom. The molecule has 0 saturated carbocycles. The number of aromatic nitrogens is 2. The number of nitrogens with two attached hydrogens (primary N) is 1. The van der Waals surface area contributed by atoms with Gasteiger partial charge in [-0.05, 0) is 33.1 Å². The first-order valence-electron chi connectivity index (χ1n) is 7.60. The van der Waals surface area contributed by atoms with E-state index in [9.17, 15) is 8.42 Å². The number of hydrogen-bond acceptors (Lipinski definition) is 6. The standard InChI is InChI=1S/C14H25N5O2S/c1-10-11(2)17-14(15)18-13(10)16-8-7-12-6-4-5-9-19(12)22(3,20)21/h12H,4-9H2,1-3H3,(H3,15,16,17,18)/t12-/m1/s1. The van der Waals surface area contributed by atoms with Crippen LogP contribution < -0.4 is 11.1 Å². The van der Waals surface area contributed by atoms with Crippen LogP contribution in [0.25, 0.3) is 0 Å². The van der Waals surface area contributed by atoms with Crippen LogP contribution >= 0.6 is 0 Å². The van der Waals surface area contributed by atoms with Crippen LogP contribution in [0.2, 0.25) is 0 Å². The van der Waals surface area contributed by atoms with Crippen molar-refractivity contribution in [2.24, 2.45) is 0 Å². The fourth-order valence-electron chi connectivity index (χ4n) is 2.88. The Morgan fingerprint density at radius 3 is 2.73 bits per heavy atom.